The van der Waals surface area contributed by atoms with Crippen molar-refractivity contribution in [2.75, 3.05) is 18.0 Å². The molecule has 1 aliphatic heterocycles. The second-order valence-corrected chi connectivity index (χ2v) is 4.93. The van der Waals surface area contributed by atoms with E-state index in [1.54, 1.807) is 12.1 Å². The van der Waals surface area contributed by atoms with Crippen molar-refractivity contribution < 1.29 is 13.9 Å². The fraction of sp³-hybridized carbons (Fsp3) is 0.545. The number of piperidine rings is 1. The number of nitrogens with zero attached hydrogens (tertiary/aromatic N) is 2. The summed E-state index contributed by atoms with van der Waals surface area (Å²) in [6.07, 6.45) is 0. The van der Waals surface area contributed by atoms with Gasteiger partial charge in [0.2, 0.25) is 0 Å². The maximum absolute atomic E-state index is 13.0. The number of aromatic nitrogens is 1. The molecule has 17 heavy (non-hydrogen) atoms. The van der Waals surface area contributed by atoms with Crippen LogP contribution in [0.3, 0.4) is 0 Å². The van der Waals surface area contributed by atoms with E-state index in [-0.39, 0.29) is 11.8 Å². The van der Waals surface area contributed by atoms with Crippen LogP contribution in [0.15, 0.2) is 12.1 Å². The first-order valence-corrected chi connectivity index (χ1v) is 5.81. The number of hydrogen-bond donors (Lipinski definition) is 1. The summed E-state index contributed by atoms with van der Waals surface area (Å²) in [6, 6.07) is 3.38. The average Bonchev–Trinajstić information content (AvgIpc) is 2.70. The molecule has 0 radical (unpaired) electrons. The van der Waals surface area contributed by atoms with Crippen LogP contribution in [0, 0.1) is 11.8 Å². The van der Waals surface area contributed by atoms with Crippen LogP contribution in [0.1, 0.15) is 5.56 Å². The second kappa shape index (κ2) is 3.53. The van der Waals surface area contributed by atoms with Gasteiger partial charge in [-0.3, -0.25) is 0 Å². The van der Waals surface area contributed by atoms with E-state index in [1.807, 2.05) is 4.90 Å². The molecule has 2 aliphatic rings. The summed E-state index contributed by atoms with van der Waals surface area (Å²) < 4.78 is 26.0. The number of pyridine rings is 1. The SMILES string of the molecule is OCc1ccc(N2CC3C(C2)C3(F)F)nc1Cl. The van der Waals surface area contributed by atoms with Gasteiger partial charge >= 0.3 is 0 Å². The predicted octanol–water partition coefficient (Wildman–Crippen LogP) is 1.93. The number of fused-ring (bicyclic) bond motifs is 1. The molecule has 3 nitrogen and oxygen atoms in total. The van der Waals surface area contributed by atoms with Gasteiger partial charge in [0, 0.05) is 18.7 Å². The van der Waals surface area contributed by atoms with E-state index in [4.69, 9.17) is 16.7 Å². The van der Waals surface area contributed by atoms with E-state index >= 15 is 0 Å². The van der Waals surface area contributed by atoms with Crippen LogP contribution in [0.25, 0.3) is 0 Å². The fourth-order valence-electron chi connectivity index (χ4n) is 2.44. The molecule has 0 aromatic carbocycles. The Morgan fingerprint density at radius 1 is 1.41 bits per heavy atom. The molecule has 1 saturated heterocycles. The molecular formula is C11H11ClF2N2O. The minimum absolute atomic E-state index is 0.171. The number of halogens is 3. The Morgan fingerprint density at radius 2 is 2.06 bits per heavy atom. The van der Waals surface area contributed by atoms with E-state index in [0.717, 1.165) is 0 Å². The lowest BCUT2D eigenvalue weighted by Crippen LogP contribution is -2.28. The number of anilines is 1. The third-order valence-corrected chi connectivity index (χ3v) is 3.93. The first-order valence-electron chi connectivity index (χ1n) is 5.43. The van der Waals surface area contributed by atoms with E-state index in [0.29, 0.717) is 24.5 Å². The van der Waals surface area contributed by atoms with Gasteiger partial charge in [-0.25, -0.2) is 13.8 Å². The third kappa shape index (κ3) is 1.60. The Balaban J connectivity index is 1.77. The molecule has 2 atom stereocenters. The van der Waals surface area contributed by atoms with Gasteiger partial charge in [-0.1, -0.05) is 11.6 Å². The fourth-order valence-corrected chi connectivity index (χ4v) is 2.65. The second-order valence-electron chi connectivity index (χ2n) is 4.57. The Morgan fingerprint density at radius 3 is 2.59 bits per heavy atom. The average molecular weight is 261 g/mol. The summed E-state index contributed by atoms with van der Waals surface area (Å²) in [5.74, 6) is -2.93. The largest absolute Gasteiger partial charge is 0.392 e. The summed E-state index contributed by atoms with van der Waals surface area (Å²) in [6.45, 7) is 0.494. The maximum Gasteiger partial charge on any atom is 0.258 e. The standard InChI is InChI=1S/C11H11ClF2N2O/c12-10-6(5-17)1-2-9(15-10)16-3-7-8(4-16)11(7,13)14/h1-2,7-8,17H,3-5H2. The summed E-state index contributed by atoms with van der Waals surface area (Å²) in [7, 11) is 0. The molecule has 2 unspecified atom stereocenters. The zero-order valence-electron chi connectivity index (χ0n) is 8.91. The van der Waals surface area contributed by atoms with Crippen molar-refractivity contribution in [2.45, 2.75) is 12.5 Å². The van der Waals surface area contributed by atoms with Crippen LogP contribution in [0.5, 0.6) is 0 Å². The van der Waals surface area contributed by atoms with Crippen molar-refractivity contribution >= 4 is 17.4 Å². The monoisotopic (exact) mass is 260 g/mol. The molecule has 1 aliphatic carbocycles. The Labute approximate surface area is 102 Å². The summed E-state index contributed by atoms with van der Waals surface area (Å²) in [5, 5.41) is 9.19. The molecule has 0 bridgehead atoms. The molecule has 1 aromatic rings. The molecule has 3 rings (SSSR count). The summed E-state index contributed by atoms with van der Waals surface area (Å²) >= 11 is 5.87. The lowest BCUT2D eigenvalue weighted by molar-refractivity contribution is 0.0797. The third-order valence-electron chi connectivity index (χ3n) is 3.61. The highest BCUT2D eigenvalue weighted by atomic mass is 35.5. The number of aliphatic hydroxyl groups is 1. The lowest BCUT2D eigenvalue weighted by atomic mass is 10.3. The zero-order valence-corrected chi connectivity index (χ0v) is 9.66. The van der Waals surface area contributed by atoms with Crippen molar-refractivity contribution in [3.63, 3.8) is 0 Å². The highest BCUT2D eigenvalue weighted by molar-refractivity contribution is 6.30. The zero-order chi connectivity index (χ0) is 12.2. The van der Waals surface area contributed by atoms with Gasteiger partial charge in [0.15, 0.2) is 0 Å². The molecule has 0 amide bonds. The molecule has 6 heteroatoms. The van der Waals surface area contributed by atoms with Crippen molar-refractivity contribution in [2.24, 2.45) is 11.8 Å². The van der Waals surface area contributed by atoms with Crippen LogP contribution in [-0.4, -0.2) is 29.1 Å². The van der Waals surface area contributed by atoms with Crippen LogP contribution in [-0.2, 0) is 6.61 Å². The Hall–Kier alpha value is -0.940. The van der Waals surface area contributed by atoms with Crippen LogP contribution in [0.2, 0.25) is 5.15 Å². The van der Waals surface area contributed by atoms with Gasteiger partial charge in [-0.05, 0) is 12.1 Å². The van der Waals surface area contributed by atoms with E-state index in [2.05, 4.69) is 4.98 Å². The molecule has 92 valence electrons. The minimum atomic E-state index is -2.48. The molecule has 2 heterocycles. The van der Waals surface area contributed by atoms with Crippen LogP contribution in [0.4, 0.5) is 14.6 Å². The number of hydrogen-bond acceptors (Lipinski definition) is 3. The molecular weight excluding hydrogens is 250 g/mol. The van der Waals surface area contributed by atoms with E-state index < -0.39 is 17.8 Å². The first kappa shape index (κ1) is 11.2. The van der Waals surface area contributed by atoms with Gasteiger partial charge in [0.1, 0.15) is 11.0 Å². The van der Waals surface area contributed by atoms with Gasteiger partial charge < -0.3 is 10.0 Å². The number of alkyl halides is 2. The highest BCUT2D eigenvalue weighted by Gasteiger charge is 2.71. The van der Waals surface area contributed by atoms with Gasteiger partial charge in [0.05, 0.1) is 18.4 Å². The van der Waals surface area contributed by atoms with Gasteiger partial charge in [0.25, 0.3) is 5.92 Å². The molecule has 1 saturated carbocycles. The molecule has 2 fully saturated rings. The quantitative estimate of drug-likeness (QED) is 0.826. The Kier molecular flexibility index (Phi) is 2.32. The van der Waals surface area contributed by atoms with Crippen molar-refractivity contribution in [1.82, 2.24) is 4.98 Å². The lowest BCUT2D eigenvalue weighted by Gasteiger charge is -2.21. The van der Waals surface area contributed by atoms with E-state index in [1.165, 1.54) is 0 Å². The van der Waals surface area contributed by atoms with Gasteiger partial charge in [-0.2, -0.15) is 0 Å². The smallest absolute Gasteiger partial charge is 0.258 e. The first-order chi connectivity index (χ1) is 8.04. The van der Waals surface area contributed by atoms with Crippen molar-refractivity contribution in [3.05, 3.63) is 22.8 Å². The van der Waals surface area contributed by atoms with E-state index in [9.17, 15) is 8.78 Å². The number of rotatable bonds is 2. The summed E-state index contributed by atoms with van der Waals surface area (Å²) in [5.41, 5.74) is 0.546. The highest BCUT2D eigenvalue weighted by Crippen LogP contribution is 2.59. The van der Waals surface area contributed by atoms with Crippen LogP contribution >= 0.6 is 11.6 Å². The summed E-state index contributed by atoms with van der Waals surface area (Å²) in [4.78, 5) is 5.93. The van der Waals surface area contributed by atoms with Crippen LogP contribution < -0.4 is 4.90 Å². The predicted molar refractivity (Wildman–Crippen MR) is 59.3 cm³/mol. The minimum Gasteiger partial charge on any atom is -0.392 e. The van der Waals surface area contributed by atoms with Crippen molar-refractivity contribution in [3.8, 4) is 0 Å². The molecule has 1 aromatic heterocycles. The van der Waals surface area contributed by atoms with Crippen molar-refractivity contribution in [1.29, 1.82) is 0 Å². The maximum atomic E-state index is 13.0. The van der Waals surface area contributed by atoms with Gasteiger partial charge in [-0.15, -0.1) is 0 Å². The molecule has 0 spiro atoms. The number of aliphatic hydroxyl groups excluding tert-OH is 1. The molecule has 1 N–H and O–H groups in total. The normalized spacial score (nSPS) is 29.3. The Bertz CT molecular complexity index is 455. The topological polar surface area (TPSA) is 36.4 Å².